The molecule has 0 aliphatic carbocycles. The number of nitrogens with zero attached hydrogens (tertiary/aromatic N) is 1. The molecule has 0 aliphatic heterocycles. The first kappa shape index (κ1) is 13.0. The number of methoxy groups -OCH3 is 1. The van der Waals surface area contributed by atoms with Gasteiger partial charge in [-0.15, -0.1) is 0 Å². The van der Waals surface area contributed by atoms with Crippen LogP contribution in [0.5, 0.6) is 0 Å². The van der Waals surface area contributed by atoms with E-state index in [4.69, 9.17) is 10.5 Å². The number of esters is 2. The normalized spacial score (nSPS) is 9.76. The van der Waals surface area contributed by atoms with Gasteiger partial charge in [-0.05, 0) is 13.0 Å². The summed E-state index contributed by atoms with van der Waals surface area (Å²) in [5.74, 6) is -0.559. The van der Waals surface area contributed by atoms with Gasteiger partial charge >= 0.3 is 11.9 Å². The van der Waals surface area contributed by atoms with Gasteiger partial charge in [-0.25, -0.2) is 14.2 Å². The van der Waals surface area contributed by atoms with Crippen LogP contribution in [-0.4, -0.2) is 25.7 Å². The third-order valence-electron chi connectivity index (χ3n) is 2.09. The molecule has 0 atom stereocenters. The van der Waals surface area contributed by atoms with Gasteiger partial charge in [0.05, 0.1) is 25.5 Å². The van der Waals surface area contributed by atoms with E-state index in [-0.39, 0.29) is 12.5 Å². The zero-order chi connectivity index (χ0) is 12.8. The smallest absolute Gasteiger partial charge is 0.348 e. The summed E-state index contributed by atoms with van der Waals surface area (Å²) in [6.07, 6.45) is 1.54. The summed E-state index contributed by atoms with van der Waals surface area (Å²) in [6, 6.07) is 2.98. The lowest BCUT2D eigenvalue weighted by atomic mass is 10.2. The van der Waals surface area contributed by atoms with Crippen LogP contribution >= 0.6 is 0 Å². The van der Waals surface area contributed by atoms with Crippen molar-refractivity contribution in [1.82, 2.24) is 0 Å². The van der Waals surface area contributed by atoms with Gasteiger partial charge in [-0.1, -0.05) is 0 Å². The van der Waals surface area contributed by atoms with E-state index in [0.29, 0.717) is 18.0 Å². The molecule has 2 N–H and O–H groups in total. The van der Waals surface area contributed by atoms with Crippen LogP contribution in [0.25, 0.3) is 0 Å². The highest BCUT2D eigenvalue weighted by Crippen LogP contribution is 2.03. The van der Waals surface area contributed by atoms with E-state index in [2.05, 4.69) is 4.74 Å². The van der Waals surface area contributed by atoms with Crippen LogP contribution in [0.15, 0.2) is 18.3 Å². The van der Waals surface area contributed by atoms with Crippen molar-refractivity contribution < 1.29 is 23.6 Å². The summed E-state index contributed by atoms with van der Waals surface area (Å²) in [5.41, 5.74) is 6.04. The maximum absolute atomic E-state index is 11.2. The molecule has 0 aliphatic rings. The molecule has 1 aromatic rings. The quantitative estimate of drug-likeness (QED) is 0.586. The highest BCUT2D eigenvalue weighted by Gasteiger charge is 2.14. The Bertz CT molecular complexity index is 431. The summed E-state index contributed by atoms with van der Waals surface area (Å²) in [7, 11) is 1.29. The molecule has 1 aromatic heterocycles. The van der Waals surface area contributed by atoms with Crippen LogP contribution in [0.1, 0.15) is 17.3 Å². The lowest BCUT2D eigenvalue weighted by Crippen LogP contribution is -2.41. The van der Waals surface area contributed by atoms with E-state index in [1.807, 2.05) is 0 Å². The molecule has 0 radical (unpaired) electrons. The molecule has 0 saturated heterocycles. The molecule has 17 heavy (non-hydrogen) atoms. The molecule has 6 nitrogen and oxygen atoms in total. The standard InChI is InChI=1S/C11H14N2O4/c1-3-17-10(14)7-13-5-4-8(6-9(13)12)11(15)16-2/h4-6,12H,3,7H2,1-2H3/p+1. The molecule has 0 bridgehead atoms. The SMILES string of the molecule is CCOC(=O)C[n+]1ccc(C(=O)OC)cc1N. The first-order valence-electron chi connectivity index (χ1n) is 5.11. The molecular formula is C11H15N2O4+. The third-order valence-corrected chi connectivity index (χ3v) is 2.09. The number of carbonyl (C=O) groups excluding carboxylic acids is 2. The molecule has 1 rings (SSSR count). The number of nitrogen functional groups attached to an aromatic ring is 1. The zero-order valence-corrected chi connectivity index (χ0v) is 9.80. The number of ether oxygens (including phenoxy) is 2. The van der Waals surface area contributed by atoms with E-state index in [9.17, 15) is 9.59 Å². The van der Waals surface area contributed by atoms with Crippen LogP contribution in [0.3, 0.4) is 0 Å². The van der Waals surface area contributed by atoms with E-state index >= 15 is 0 Å². The molecule has 0 spiro atoms. The average Bonchev–Trinajstić information content (AvgIpc) is 2.31. The largest absolute Gasteiger partial charge is 0.465 e. The molecule has 1 heterocycles. The van der Waals surface area contributed by atoms with Crippen LogP contribution in [0.2, 0.25) is 0 Å². The summed E-state index contributed by atoms with van der Waals surface area (Å²) in [5, 5.41) is 0. The maximum Gasteiger partial charge on any atom is 0.348 e. The molecule has 0 saturated carbocycles. The summed E-state index contributed by atoms with van der Waals surface area (Å²) in [6.45, 7) is 2.06. The van der Waals surface area contributed by atoms with E-state index in [0.717, 1.165) is 0 Å². The Hall–Kier alpha value is -2.11. The second-order valence-corrected chi connectivity index (χ2v) is 3.26. The van der Waals surface area contributed by atoms with Crippen molar-refractivity contribution in [2.75, 3.05) is 19.5 Å². The van der Waals surface area contributed by atoms with Gasteiger partial charge in [0.1, 0.15) is 0 Å². The molecule has 0 aromatic carbocycles. The number of anilines is 1. The van der Waals surface area contributed by atoms with Crippen molar-refractivity contribution >= 4 is 17.8 Å². The van der Waals surface area contributed by atoms with Gasteiger partial charge in [0.2, 0.25) is 0 Å². The van der Waals surface area contributed by atoms with Crippen molar-refractivity contribution in [3.63, 3.8) is 0 Å². The lowest BCUT2D eigenvalue weighted by Gasteiger charge is -2.04. The van der Waals surface area contributed by atoms with E-state index in [1.165, 1.54) is 23.8 Å². The Morgan fingerprint density at radius 3 is 2.71 bits per heavy atom. The minimum atomic E-state index is -0.472. The topological polar surface area (TPSA) is 82.5 Å². The van der Waals surface area contributed by atoms with Crippen molar-refractivity contribution in [1.29, 1.82) is 0 Å². The van der Waals surface area contributed by atoms with E-state index in [1.54, 1.807) is 13.1 Å². The summed E-state index contributed by atoms with van der Waals surface area (Å²) in [4.78, 5) is 22.5. The predicted molar refractivity (Wildman–Crippen MR) is 59.0 cm³/mol. The van der Waals surface area contributed by atoms with Crippen molar-refractivity contribution in [2.45, 2.75) is 13.5 Å². The second-order valence-electron chi connectivity index (χ2n) is 3.26. The monoisotopic (exact) mass is 239 g/mol. The minimum absolute atomic E-state index is 0.0150. The Morgan fingerprint density at radius 1 is 1.47 bits per heavy atom. The molecule has 0 unspecified atom stereocenters. The highest BCUT2D eigenvalue weighted by atomic mass is 16.5. The minimum Gasteiger partial charge on any atom is -0.465 e. The first-order chi connectivity index (χ1) is 8.08. The predicted octanol–water partition coefficient (Wildman–Crippen LogP) is -0.0940. The van der Waals surface area contributed by atoms with Gasteiger partial charge < -0.3 is 9.47 Å². The van der Waals surface area contributed by atoms with Crippen LogP contribution < -0.4 is 10.3 Å². The second kappa shape index (κ2) is 5.83. The Balaban J connectivity index is 2.83. The molecule has 6 heteroatoms. The zero-order valence-electron chi connectivity index (χ0n) is 9.80. The maximum atomic E-state index is 11.2. The molecule has 0 fully saturated rings. The fourth-order valence-corrected chi connectivity index (χ4v) is 1.28. The number of rotatable bonds is 4. The number of nitrogens with two attached hydrogens (primary N) is 1. The van der Waals surface area contributed by atoms with Gasteiger partial charge in [-0.3, -0.25) is 5.73 Å². The van der Waals surface area contributed by atoms with Crippen LogP contribution in [-0.2, 0) is 20.8 Å². The summed E-state index contributed by atoms with van der Waals surface area (Å²) >= 11 is 0. The number of hydrogen-bond donors (Lipinski definition) is 1. The molecule has 0 amide bonds. The molecular weight excluding hydrogens is 224 g/mol. The van der Waals surface area contributed by atoms with Crippen molar-refractivity contribution in [2.24, 2.45) is 0 Å². The fraction of sp³-hybridized carbons (Fsp3) is 0.364. The van der Waals surface area contributed by atoms with Crippen molar-refractivity contribution in [3.05, 3.63) is 23.9 Å². The van der Waals surface area contributed by atoms with Gasteiger partial charge in [0.25, 0.3) is 5.82 Å². The number of carbonyl (C=O) groups is 2. The van der Waals surface area contributed by atoms with Crippen LogP contribution in [0, 0.1) is 0 Å². The number of pyridine rings is 1. The number of hydrogen-bond acceptors (Lipinski definition) is 5. The first-order valence-corrected chi connectivity index (χ1v) is 5.11. The fourth-order valence-electron chi connectivity index (χ4n) is 1.28. The third kappa shape index (κ3) is 3.44. The van der Waals surface area contributed by atoms with Gasteiger partial charge in [0, 0.05) is 6.07 Å². The Kier molecular flexibility index (Phi) is 4.45. The van der Waals surface area contributed by atoms with Gasteiger partial charge in [0.15, 0.2) is 6.54 Å². The Labute approximate surface area is 98.9 Å². The lowest BCUT2D eigenvalue weighted by molar-refractivity contribution is -0.671. The molecule has 92 valence electrons. The Morgan fingerprint density at radius 2 is 2.18 bits per heavy atom. The van der Waals surface area contributed by atoms with Gasteiger partial charge in [-0.2, -0.15) is 0 Å². The number of aromatic nitrogens is 1. The average molecular weight is 239 g/mol. The van der Waals surface area contributed by atoms with Crippen LogP contribution in [0.4, 0.5) is 5.82 Å². The van der Waals surface area contributed by atoms with E-state index < -0.39 is 5.97 Å². The van der Waals surface area contributed by atoms with Crippen molar-refractivity contribution in [3.8, 4) is 0 Å². The highest BCUT2D eigenvalue weighted by molar-refractivity contribution is 5.89. The summed E-state index contributed by atoms with van der Waals surface area (Å²) < 4.78 is 10.8.